The van der Waals surface area contributed by atoms with Crippen molar-refractivity contribution in [2.45, 2.75) is 13.5 Å². The second-order valence-electron chi connectivity index (χ2n) is 5.77. The van der Waals surface area contributed by atoms with E-state index in [4.69, 9.17) is 11.6 Å². The van der Waals surface area contributed by atoms with E-state index in [1.54, 1.807) is 11.3 Å². The Hall–Kier alpha value is -1.56. The fourth-order valence-electron chi connectivity index (χ4n) is 2.61. The van der Waals surface area contributed by atoms with Crippen LogP contribution in [0.3, 0.4) is 0 Å². The lowest BCUT2D eigenvalue weighted by Crippen LogP contribution is -2.49. The summed E-state index contributed by atoms with van der Waals surface area (Å²) >= 11 is 7.59. The van der Waals surface area contributed by atoms with Gasteiger partial charge in [-0.25, -0.2) is 4.79 Å². The average Bonchev–Trinajstić information content (AvgIpc) is 2.95. The Kier molecular flexibility index (Phi) is 5.20. The maximum atomic E-state index is 12.3. The highest BCUT2D eigenvalue weighted by Crippen LogP contribution is 2.23. The molecule has 1 aliphatic rings. The Balaban J connectivity index is 1.48. The molecule has 2 heterocycles. The molecule has 2 aromatic rings. The summed E-state index contributed by atoms with van der Waals surface area (Å²) in [5.41, 5.74) is 2.03. The molecule has 1 saturated heterocycles. The van der Waals surface area contributed by atoms with Gasteiger partial charge in [0, 0.05) is 43.3 Å². The molecule has 6 heteroatoms. The minimum absolute atomic E-state index is 0.0207. The number of nitrogens with zero attached hydrogens (tertiary/aromatic N) is 2. The summed E-state index contributed by atoms with van der Waals surface area (Å²) in [6.45, 7) is 6.21. The van der Waals surface area contributed by atoms with Gasteiger partial charge in [-0.3, -0.25) is 4.90 Å². The number of thiophene rings is 1. The summed E-state index contributed by atoms with van der Waals surface area (Å²) in [4.78, 5) is 17.8. The minimum atomic E-state index is -0.0207. The zero-order chi connectivity index (χ0) is 16.2. The van der Waals surface area contributed by atoms with Gasteiger partial charge >= 0.3 is 6.03 Å². The monoisotopic (exact) mass is 349 g/mol. The molecule has 0 saturated carbocycles. The quantitative estimate of drug-likeness (QED) is 0.907. The van der Waals surface area contributed by atoms with Gasteiger partial charge in [0.2, 0.25) is 0 Å². The van der Waals surface area contributed by atoms with E-state index in [2.05, 4.69) is 16.3 Å². The number of hydrogen-bond acceptors (Lipinski definition) is 3. The third-order valence-electron chi connectivity index (χ3n) is 3.97. The molecule has 1 aromatic heterocycles. The van der Waals surface area contributed by atoms with E-state index in [1.165, 1.54) is 10.4 Å². The van der Waals surface area contributed by atoms with Crippen LogP contribution in [-0.4, -0.2) is 42.0 Å². The molecular weight excluding hydrogens is 330 g/mol. The van der Waals surface area contributed by atoms with Gasteiger partial charge in [0.1, 0.15) is 0 Å². The number of benzene rings is 1. The Morgan fingerprint density at radius 3 is 2.43 bits per heavy atom. The molecule has 1 N–H and O–H groups in total. The predicted octanol–water partition coefficient (Wildman–Crippen LogP) is 4.06. The Labute approximate surface area is 145 Å². The number of nitrogens with one attached hydrogen (secondary N) is 1. The minimum Gasteiger partial charge on any atom is -0.322 e. The van der Waals surface area contributed by atoms with Crippen LogP contribution in [0.4, 0.5) is 10.5 Å². The van der Waals surface area contributed by atoms with Crippen molar-refractivity contribution in [2.75, 3.05) is 31.5 Å². The van der Waals surface area contributed by atoms with E-state index in [0.717, 1.165) is 42.7 Å². The lowest BCUT2D eigenvalue weighted by atomic mass is 10.2. The lowest BCUT2D eigenvalue weighted by Gasteiger charge is -2.34. The number of carbonyl (C=O) groups is 1. The van der Waals surface area contributed by atoms with E-state index in [9.17, 15) is 4.79 Å². The third-order valence-corrected chi connectivity index (χ3v) is 5.19. The van der Waals surface area contributed by atoms with Crippen LogP contribution in [0.2, 0.25) is 4.34 Å². The molecule has 1 aliphatic heterocycles. The SMILES string of the molecule is Cc1ccc(NC(=O)N2CCN(Cc3ccc(Cl)s3)CC2)cc1. The molecule has 0 radical (unpaired) electrons. The molecular formula is C17H20ClN3OS. The summed E-state index contributed by atoms with van der Waals surface area (Å²) in [6.07, 6.45) is 0. The molecule has 0 aliphatic carbocycles. The number of anilines is 1. The Bertz CT molecular complexity index is 663. The van der Waals surface area contributed by atoms with Gasteiger partial charge in [-0.2, -0.15) is 0 Å². The first-order valence-corrected chi connectivity index (χ1v) is 8.89. The number of aryl methyl sites for hydroxylation is 1. The largest absolute Gasteiger partial charge is 0.322 e. The molecule has 0 atom stereocenters. The first-order chi connectivity index (χ1) is 11.1. The maximum Gasteiger partial charge on any atom is 0.321 e. The molecule has 0 unspecified atom stereocenters. The van der Waals surface area contributed by atoms with Crippen LogP contribution < -0.4 is 5.32 Å². The van der Waals surface area contributed by atoms with Crippen molar-refractivity contribution in [1.29, 1.82) is 0 Å². The normalized spacial score (nSPS) is 15.7. The van der Waals surface area contributed by atoms with Crippen LogP contribution in [0.5, 0.6) is 0 Å². The van der Waals surface area contributed by atoms with E-state index < -0.39 is 0 Å². The van der Waals surface area contributed by atoms with Crippen LogP contribution in [0.25, 0.3) is 0 Å². The standard InChI is InChI=1S/C17H20ClN3OS/c1-13-2-4-14(5-3-13)19-17(22)21-10-8-20(9-11-21)12-15-6-7-16(18)23-15/h2-7H,8-12H2,1H3,(H,19,22). The Morgan fingerprint density at radius 1 is 1.13 bits per heavy atom. The van der Waals surface area contributed by atoms with E-state index >= 15 is 0 Å². The summed E-state index contributed by atoms with van der Waals surface area (Å²) in [7, 11) is 0. The molecule has 1 aromatic carbocycles. The fraction of sp³-hybridized carbons (Fsp3) is 0.353. The van der Waals surface area contributed by atoms with Gasteiger partial charge in [0.15, 0.2) is 0 Å². The van der Waals surface area contributed by atoms with Crippen molar-refractivity contribution < 1.29 is 4.79 Å². The van der Waals surface area contributed by atoms with Gasteiger partial charge in [-0.05, 0) is 31.2 Å². The van der Waals surface area contributed by atoms with Crippen molar-refractivity contribution in [3.05, 3.63) is 51.2 Å². The van der Waals surface area contributed by atoms with E-state index in [0.29, 0.717) is 0 Å². The van der Waals surface area contributed by atoms with Gasteiger partial charge < -0.3 is 10.2 Å². The summed E-state index contributed by atoms with van der Waals surface area (Å²) in [6, 6.07) is 11.9. The molecule has 2 amide bonds. The molecule has 122 valence electrons. The molecule has 1 fully saturated rings. The number of hydrogen-bond donors (Lipinski definition) is 1. The zero-order valence-electron chi connectivity index (χ0n) is 13.1. The third kappa shape index (κ3) is 4.47. The first-order valence-electron chi connectivity index (χ1n) is 7.69. The highest BCUT2D eigenvalue weighted by molar-refractivity contribution is 7.16. The van der Waals surface area contributed by atoms with E-state index in [1.807, 2.05) is 42.2 Å². The van der Waals surface area contributed by atoms with Gasteiger partial charge in [0.25, 0.3) is 0 Å². The van der Waals surface area contributed by atoms with Crippen LogP contribution in [0, 0.1) is 6.92 Å². The summed E-state index contributed by atoms with van der Waals surface area (Å²) in [5, 5.41) is 2.96. The van der Waals surface area contributed by atoms with Crippen LogP contribution in [-0.2, 0) is 6.54 Å². The number of urea groups is 1. The maximum absolute atomic E-state index is 12.3. The number of halogens is 1. The first kappa shape index (κ1) is 16.3. The number of piperazine rings is 1. The van der Waals surface area contributed by atoms with Crippen molar-refractivity contribution in [3.63, 3.8) is 0 Å². The number of rotatable bonds is 3. The van der Waals surface area contributed by atoms with E-state index in [-0.39, 0.29) is 6.03 Å². The highest BCUT2D eigenvalue weighted by Gasteiger charge is 2.21. The van der Waals surface area contributed by atoms with Crippen molar-refractivity contribution in [1.82, 2.24) is 9.80 Å². The number of carbonyl (C=O) groups excluding carboxylic acids is 1. The van der Waals surface area contributed by atoms with Crippen molar-refractivity contribution in [2.24, 2.45) is 0 Å². The fourth-order valence-corrected chi connectivity index (χ4v) is 3.74. The molecule has 0 spiro atoms. The van der Waals surface area contributed by atoms with Crippen LogP contribution in [0.1, 0.15) is 10.4 Å². The molecule has 0 bridgehead atoms. The van der Waals surface area contributed by atoms with Crippen molar-refractivity contribution >= 4 is 34.7 Å². The second-order valence-corrected chi connectivity index (χ2v) is 7.56. The van der Waals surface area contributed by atoms with Gasteiger partial charge in [0.05, 0.1) is 4.34 Å². The summed E-state index contributed by atoms with van der Waals surface area (Å²) in [5.74, 6) is 0. The molecule has 23 heavy (non-hydrogen) atoms. The topological polar surface area (TPSA) is 35.6 Å². The highest BCUT2D eigenvalue weighted by atomic mass is 35.5. The average molecular weight is 350 g/mol. The number of amides is 2. The predicted molar refractivity (Wildman–Crippen MR) is 96.4 cm³/mol. The van der Waals surface area contributed by atoms with Crippen molar-refractivity contribution in [3.8, 4) is 0 Å². The van der Waals surface area contributed by atoms with Crippen LogP contribution >= 0.6 is 22.9 Å². The molecule has 3 rings (SSSR count). The van der Waals surface area contributed by atoms with Crippen LogP contribution in [0.15, 0.2) is 36.4 Å². The second kappa shape index (κ2) is 7.34. The van der Waals surface area contributed by atoms with Gasteiger partial charge in [-0.15, -0.1) is 11.3 Å². The Morgan fingerprint density at radius 2 is 1.83 bits per heavy atom. The van der Waals surface area contributed by atoms with Gasteiger partial charge in [-0.1, -0.05) is 29.3 Å². The molecule has 4 nitrogen and oxygen atoms in total. The zero-order valence-corrected chi connectivity index (χ0v) is 14.7. The lowest BCUT2D eigenvalue weighted by molar-refractivity contribution is 0.143. The summed E-state index contributed by atoms with van der Waals surface area (Å²) < 4.78 is 0.830. The smallest absolute Gasteiger partial charge is 0.321 e.